The summed E-state index contributed by atoms with van der Waals surface area (Å²) in [5.41, 5.74) is 1.62. The summed E-state index contributed by atoms with van der Waals surface area (Å²) in [5.74, 6) is -0.320. The van der Waals surface area contributed by atoms with Gasteiger partial charge in [0.1, 0.15) is 12.9 Å². The highest BCUT2D eigenvalue weighted by Crippen LogP contribution is 2.30. The zero-order chi connectivity index (χ0) is 23.7. The SMILES string of the molecule is COn1c(=O)c(-c2c(F)cccc2Cl)cc2cnc(Nc3ccc(N4CCOCC4)cc3)nc21. The van der Waals surface area contributed by atoms with Gasteiger partial charge in [0.15, 0.2) is 5.65 Å². The molecule has 1 aliphatic rings. The first-order chi connectivity index (χ1) is 16.5. The molecule has 2 aromatic carbocycles. The largest absolute Gasteiger partial charge is 0.412 e. The number of aromatic nitrogens is 3. The van der Waals surface area contributed by atoms with Crippen LogP contribution in [-0.4, -0.2) is 48.1 Å². The van der Waals surface area contributed by atoms with Gasteiger partial charge in [-0.1, -0.05) is 17.7 Å². The van der Waals surface area contributed by atoms with Crippen LogP contribution < -0.4 is 20.6 Å². The monoisotopic (exact) mass is 481 g/mol. The van der Waals surface area contributed by atoms with Crippen LogP contribution in [0.1, 0.15) is 0 Å². The fraction of sp³-hybridized carbons (Fsp3) is 0.208. The lowest BCUT2D eigenvalue weighted by atomic mass is 10.1. The normalized spacial score (nSPS) is 13.8. The van der Waals surface area contributed by atoms with Crippen LogP contribution >= 0.6 is 11.6 Å². The molecule has 10 heteroatoms. The van der Waals surface area contributed by atoms with Crippen molar-refractivity contribution in [3.8, 4) is 11.1 Å². The van der Waals surface area contributed by atoms with E-state index >= 15 is 0 Å². The molecule has 0 unspecified atom stereocenters. The number of hydrogen-bond donors (Lipinski definition) is 1. The number of benzene rings is 2. The van der Waals surface area contributed by atoms with Gasteiger partial charge in [0.05, 0.1) is 23.8 Å². The summed E-state index contributed by atoms with van der Waals surface area (Å²) in [4.78, 5) is 29.5. The van der Waals surface area contributed by atoms with Crippen molar-refractivity contribution in [3.63, 3.8) is 0 Å². The number of anilines is 3. The van der Waals surface area contributed by atoms with E-state index in [0.717, 1.165) is 42.4 Å². The highest BCUT2D eigenvalue weighted by atomic mass is 35.5. The van der Waals surface area contributed by atoms with Gasteiger partial charge >= 0.3 is 0 Å². The number of hydrogen-bond acceptors (Lipinski definition) is 7. The van der Waals surface area contributed by atoms with Crippen molar-refractivity contribution < 1.29 is 14.0 Å². The quantitative estimate of drug-likeness (QED) is 0.463. The lowest BCUT2D eigenvalue weighted by molar-refractivity contribution is 0.122. The Labute approximate surface area is 199 Å². The fourth-order valence-electron chi connectivity index (χ4n) is 3.94. The number of halogens is 2. The van der Waals surface area contributed by atoms with E-state index in [1.807, 2.05) is 24.3 Å². The van der Waals surface area contributed by atoms with E-state index in [-0.39, 0.29) is 27.7 Å². The predicted octanol–water partition coefficient (Wildman–Crippen LogP) is 3.89. The summed E-state index contributed by atoms with van der Waals surface area (Å²) in [7, 11) is 1.34. The van der Waals surface area contributed by atoms with Crippen LogP contribution in [0.3, 0.4) is 0 Å². The second-order valence-corrected chi connectivity index (χ2v) is 8.09. The Kier molecular flexibility index (Phi) is 6.04. The number of nitrogens with one attached hydrogen (secondary N) is 1. The molecule has 0 aliphatic carbocycles. The standard InChI is InChI=1S/C24H21ClFN5O3/c1-33-31-22-15(13-18(23(31)32)21-19(25)3-2-4-20(21)26)14-27-24(29-22)28-16-5-7-17(8-6-16)30-9-11-34-12-10-30/h2-8,13-14H,9-12H2,1H3,(H,27,28,29). The molecule has 3 heterocycles. The van der Waals surface area contributed by atoms with Crippen molar-refractivity contribution in [1.29, 1.82) is 0 Å². The van der Waals surface area contributed by atoms with Crippen LogP contribution in [0, 0.1) is 5.82 Å². The Morgan fingerprint density at radius 1 is 1.15 bits per heavy atom. The van der Waals surface area contributed by atoms with Crippen molar-refractivity contribution in [1.82, 2.24) is 14.7 Å². The number of pyridine rings is 1. The summed E-state index contributed by atoms with van der Waals surface area (Å²) in [6.45, 7) is 3.15. The van der Waals surface area contributed by atoms with Gasteiger partial charge in [0, 0.05) is 41.6 Å². The summed E-state index contributed by atoms with van der Waals surface area (Å²) in [5, 5.41) is 3.76. The molecule has 0 spiro atoms. The van der Waals surface area contributed by atoms with E-state index in [4.69, 9.17) is 21.2 Å². The predicted molar refractivity (Wildman–Crippen MR) is 129 cm³/mol. The van der Waals surface area contributed by atoms with Gasteiger partial charge < -0.3 is 19.8 Å². The third-order valence-corrected chi connectivity index (χ3v) is 5.93. The second kappa shape index (κ2) is 9.28. The molecule has 1 saturated heterocycles. The highest BCUT2D eigenvalue weighted by Gasteiger charge is 2.19. The molecule has 1 N–H and O–H groups in total. The molecule has 1 fully saturated rings. The number of rotatable bonds is 5. The van der Waals surface area contributed by atoms with E-state index in [0.29, 0.717) is 5.39 Å². The molecule has 0 bridgehead atoms. The van der Waals surface area contributed by atoms with Crippen molar-refractivity contribution in [3.05, 3.63) is 75.9 Å². The molecule has 8 nitrogen and oxygen atoms in total. The minimum absolute atomic E-state index is 0.00410. The zero-order valence-electron chi connectivity index (χ0n) is 18.3. The van der Waals surface area contributed by atoms with Crippen LogP contribution in [0.5, 0.6) is 0 Å². The average molecular weight is 482 g/mol. The Morgan fingerprint density at radius 2 is 1.91 bits per heavy atom. The molecular weight excluding hydrogens is 461 g/mol. The number of nitrogens with zero attached hydrogens (tertiary/aromatic N) is 4. The fourth-order valence-corrected chi connectivity index (χ4v) is 4.20. The zero-order valence-corrected chi connectivity index (χ0v) is 19.1. The molecule has 174 valence electrons. The first-order valence-electron chi connectivity index (χ1n) is 10.7. The van der Waals surface area contributed by atoms with Crippen LogP contribution in [0.2, 0.25) is 5.02 Å². The van der Waals surface area contributed by atoms with Crippen molar-refractivity contribution >= 4 is 40.0 Å². The third kappa shape index (κ3) is 4.15. The van der Waals surface area contributed by atoms with Gasteiger partial charge in [-0.2, -0.15) is 4.98 Å². The topological polar surface area (TPSA) is 81.5 Å². The number of fused-ring (bicyclic) bond motifs is 1. The first kappa shape index (κ1) is 22.1. The summed E-state index contributed by atoms with van der Waals surface area (Å²) >= 11 is 6.18. The Balaban J connectivity index is 1.48. The lowest BCUT2D eigenvalue weighted by Gasteiger charge is -2.28. The van der Waals surface area contributed by atoms with E-state index in [1.165, 1.54) is 31.4 Å². The summed E-state index contributed by atoms with van der Waals surface area (Å²) < 4.78 is 20.9. The molecule has 4 aromatic rings. The van der Waals surface area contributed by atoms with Crippen LogP contribution in [-0.2, 0) is 4.74 Å². The third-order valence-electron chi connectivity index (χ3n) is 5.62. The van der Waals surface area contributed by atoms with Crippen molar-refractivity contribution in [2.75, 3.05) is 43.6 Å². The Bertz CT molecular complexity index is 1380. The molecule has 1 aliphatic heterocycles. The van der Waals surface area contributed by atoms with Crippen LogP contribution in [0.15, 0.2) is 59.5 Å². The molecule has 0 saturated carbocycles. The molecular formula is C24H21ClFN5O3. The smallest absolute Gasteiger partial charge is 0.293 e. The second-order valence-electron chi connectivity index (χ2n) is 7.68. The van der Waals surface area contributed by atoms with Crippen LogP contribution in [0.25, 0.3) is 22.2 Å². The van der Waals surface area contributed by atoms with Crippen LogP contribution in [0.4, 0.5) is 21.7 Å². The first-order valence-corrected chi connectivity index (χ1v) is 11.0. The maximum atomic E-state index is 14.5. The van der Waals surface area contributed by atoms with Gasteiger partial charge in [-0.15, -0.1) is 4.73 Å². The molecule has 0 radical (unpaired) electrons. The van der Waals surface area contributed by atoms with Crippen molar-refractivity contribution in [2.24, 2.45) is 0 Å². The molecule has 2 aromatic heterocycles. The maximum Gasteiger partial charge on any atom is 0.293 e. The molecule has 0 amide bonds. The van der Waals surface area contributed by atoms with Gasteiger partial charge in [0.25, 0.3) is 5.56 Å². The van der Waals surface area contributed by atoms with Crippen molar-refractivity contribution in [2.45, 2.75) is 0 Å². The Hall–Kier alpha value is -3.69. The van der Waals surface area contributed by atoms with E-state index in [1.54, 1.807) is 6.20 Å². The Morgan fingerprint density at radius 3 is 2.62 bits per heavy atom. The number of morpholine rings is 1. The molecule has 34 heavy (non-hydrogen) atoms. The minimum atomic E-state index is -0.605. The highest BCUT2D eigenvalue weighted by molar-refractivity contribution is 6.33. The number of ether oxygens (including phenoxy) is 1. The van der Waals surface area contributed by atoms with Gasteiger partial charge in [-0.05, 0) is 42.5 Å². The molecule has 0 atom stereocenters. The lowest BCUT2D eigenvalue weighted by Crippen LogP contribution is -2.36. The van der Waals surface area contributed by atoms with E-state index in [2.05, 4.69) is 20.2 Å². The molecule has 5 rings (SSSR count). The summed E-state index contributed by atoms with van der Waals surface area (Å²) in [6.07, 6.45) is 1.54. The van der Waals surface area contributed by atoms with E-state index in [9.17, 15) is 9.18 Å². The average Bonchev–Trinajstić information content (AvgIpc) is 2.85. The van der Waals surface area contributed by atoms with Gasteiger partial charge in [-0.25, -0.2) is 9.37 Å². The summed E-state index contributed by atoms with van der Waals surface area (Å²) in [6, 6.07) is 13.7. The van der Waals surface area contributed by atoms with Gasteiger partial charge in [0.2, 0.25) is 5.95 Å². The van der Waals surface area contributed by atoms with Gasteiger partial charge in [-0.3, -0.25) is 4.79 Å². The maximum absolute atomic E-state index is 14.5. The van der Waals surface area contributed by atoms with E-state index < -0.39 is 11.4 Å². The minimum Gasteiger partial charge on any atom is -0.412 e.